The Morgan fingerprint density at radius 3 is 1.70 bits per heavy atom. The summed E-state index contributed by atoms with van der Waals surface area (Å²) in [5.74, 6) is -0.412. The molecule has 60 heavy (non-hydrogen) atoms. The van der Waals surface area contributed by atoms with Gasteiger partial charge in [0.2, 0.25) is 0 Å². The van der Waals surface area contributed by atoms with Crippen LogP contribution in [0.3, 0.4) is 0 Å². The molecular formula is C47H82O12S. The molecule has 348 valence electrons. The first-order chi connectivity index (χ1) is 29.1. The van der Waals surface area contributed by atoms with Crippen LogP contribution in [0, 0.1) is 0 Å². The molecular weight excluding hydrogens is 789 g/mol. The van der Waals surface area contributed by atoms with Crippen LogP contribution < -0.4 is 0 Å². The molecule has 0 aromatic rings. The highest BCUT2D eigenvalue weighted by Gasteiger charge is 2.48. The van der Waals surface area contributed by atoms with Crippen LogP contribution in [0.1, 0.15) is 168 Å². The third-order valence-corrected chi connectivity index (χ3v) is 10.6. The maximum atomic E-state index is 12.9. The van der Waals surface area contributed by atoms with Gasteiger partial charge in [0.15, 0.2) is 6.29 Å². The summed E-state index contributed by atoms with van der Waals surface area (Å²) in [6.07, 6.45) is 38.2. The summed E-state index contributed by atoms with van der Waals surface area (Å²) >= 11 is 0. The van der Waals surface area contributed by atoms with Crippen molar-refractivity contribution in [2.45, 2.75) is 205 Å². The monoisotopic (exact) mass is 871 g/mol. The van der Waals surface area contributed by atoms with Crippen LogP contribution in [-0.2, 0) is 38.3 Å². The van der Waals surface area contributed by atoms with E-state index >= 15 is 0 Å². The van der Waals surface area contributed by atoms with Gasteiger partial charge in [0.05, 0.1) is 19.8 Å². The summed E-state index contributed by atoms with van der Waals surface area (Å²) < 4.78 is 59.0. The Balaban J connectivity index is 2.40. The van der Waals surface area contributed by atoms with Crippen LogP contribution >= 0.6 is 0 Å². The number of aliphatic hydroxyl groups is 3. The van der Waals surface area contributed by atoms with E-state index in [2.05, 4.69) is 78.8 Å². The average Bonchev–Trinajstić information content (AvgIpc) is 3.22. The molecule has 0 aliphatic carbocycles. The topological polar surface area (TPSA) is 178 Å². The minimum atomic E-state index is -5.06. The molecule has 0 saturated carbocycles. The van der Waals surface area contributed by atoms with Gasteiger partial charge in [0, 0.05) is 13.0 Å². The van der Waals surface area contributed by atoms with E-state index in [9.17, 15) is 28.5 Å². The fourth-order valence-corrected chi connectivity index (χ4v) is 7.15. The zero-order chi connectivity index (χ0) is 43.9. The number of hydrogen-bond donors (Lipinski definition) is 4. The molecule has 1 aliphatic rings. The minimum Gasteiger partial charge on any atom is -0.457 e. The molecule has 0 aromatic carbocycles. The van der Waals surface area contributed by atoms with Crippen LogP contribution in [0.4, 0.5) is 0 Å². The van der Waals surface area contributed by atoms with Crippen LogP contribution in [0.25, 0.3) is 0 Å². The molecule has 6 unspecified atom stereocenters. The van der Waals surface area contributed by atoms with Gasteiger partial charge in [-0.05, 0) is 70.6 Å². The third-order valence-electron chi connectivity index (χ3n) is 10.1. The fourth-order valence-electron chi connectivity index (χ4n) is 6.64. The maximum absolute atomic E-state index is 12.9. The summed E-state index contributed by atoms with van der Waals surface area (Å²) in [7, 11) is -5.06. The molecule has 6 atom stereocenters. The van der Waals surface area contributed by atoms with Gasteiger partial charge in [0.25, 0.3) is 0 Å². The van der Waals surface area contributed by atoms with Gasteiger partial charge >= 0.3 is 16.4 Å². The van der Waals surface area contributed by atoms with E-state index in [0.717, 1.165) is 83.5 Å². The average molecular weight is 871 g/mol. The van der Waals surface area contributed by atoms with Crippen molar-refractivity contribution in [1.82, 2.24) is 0 Å². The maximum Gasteiger partial charge on any atom is 0.397 e. The molecule has 4 N–H and O–H groups in total. The smallest absolute Gasteiger partial charge is 0.397 e. The zero-order valence-electron chi connectivity index (χ0n) is 37.0. The van der Waals surface area contributed by atoms with Crippen molar-refractivity contribution in [1.29, 1.82) is 0 Å². The number of rotatable bonds is 39. The Hall–Kier alpha value is -2.20. The quantitative estimate of drug-likeness (QED) is 0.0199. The normalized spacial score (nSPS) is 20.8. The Morgan fingerprint density at radius 2 is 1.15 bits per heavy atom. The summed E-state index contributed by atoms with van der Waals surface area (Å²) in [6.45, 7) is 3.81. The lowest BCUT2D eigenvalue weighted by atomic mass is 9.99. The second-order valence-corrected chi connectivity index (χ2v) is 16.7. The number of carbonyl (C=O) groups is 1. The molecule has 0 radical (unpaired) electrons. The van der Waals surface area contributed by atoms with E-state index in [1.54, 1.807) is 0 Å². The van der Waals surface area contributed by atoms with Crippen LogP contribution in [0.2, 0.25) is 0 Å². The van der Waals surface area contributed by atoms with E-state index in [0.29, 0.717) is 13.0 Å². The lowest BCUT2D eigenvalue weighted by Crippen LogP contribution is -2.60. The van der Waals surface area contributed by atoms with Crippen molar-refractivity contribution < 1.29 is 56.2 Å². The number of esters is 1. The summed E-state index contributed by atoms with van der Waals surface area (Å²) in [5.41, 5.74) is 0. The van der Waals surface area contributed by atoms with Crippen molar-refractivity contribution in [2.24, 2.45) is 0 Å². The molecule has 0 amide bonds. The first kappa shape index (κ1) is 55.8. The number of carbonyl (C=O) groups excluding carboxylic acids is 1. The van der Waals surface area contributed by atoms with Crippen molar-refractivity contribution in [3.63, 3.8) is 0 Å². The van der Waals surface area contributed by atoms with Crippen molar-refractivity contribution in [2.75, 3.05) is 26.4 Å². The third kappa shape index (κ3) is 31.6. The van der Waals surface area contributed by atoms with Gasteiger partial charge in [-0.3, -0.25) is 9.35 Å². The van der Waals surface area contributed by atoms with E-state index in [1.165, 1.54) is 57.8 Å². The highest BCUT2D eigenvalue weighted by atomic mass is 32.3. The Bertz CT molecular complexity index is 1280. The van der Waals surface area contributed by atoms with E-state index < -0.39 is 59.8 Å². The van der Waals surface area contributed by atoms with Gasteiger partial charge in [0.1, 0.15) is 30.5 Å². The van der Waals surface area contributed by atoms with E-state index in [-0.39, 0.29) is 19.6 Å². The summed E-state index contributed by atoms with van der Waals surface area (Å²) in [6, 6.07) is 0. The number of ether oxygens (including phenoxy) is 4. The molecule has 1 fully saturated rings. The molecule has 1 rings (SSSR count). The highest BCUT2D eigenvalue weighted by Crippen LogP contribution is 2.26. The molecule has 1 heterocycles. The van der Waals surface area contributed by atoms with Crippen molar-refractivity contribution in [3.05, 3.63) is 60.8 Å². The first-order valence-electron chi connectivity index (χ1n) is 23.0. The highest BCUT2D eigenvalue weighted by molar-refractivity contribution is 7.80. The molecule has 0 spiro atoms. The Kier molecular flexibility index (Phi) is 35.8. The molecule has 0 aromatic heterocycles. The molecule has 0 bridgehead atoms. The van der Waals surface area contributed by atoms with Gasteiger partial charge < -0.3 is 34.3 Å². The second-order valence-electron chi connectivity index (χ2n) is 15.6. The number of aliphatic hydroxyl groups excluding tert-OH is 3. The van der Waals surface area contributed by atoms with Crippen LogP contribution in [0.5, 0.6) is 0 Å². The van der Waals surface area contributed by atoms with E-state index in [1.807, 2.05) is 0 Å². The molecule has 13 heteroatoms. The first-order valence-corrected chi connectivity index (χ1v) is 24.4. The predicted octanol–water partition coefficient (Wildman–Crippen LogP) is 9.74. The standard InChI is InChI=1S/C47H82O12S/c1-3-5-7-9-11-13-15-17-18-19-20-21-22-23-24-25-26-28-30-32-34-36-43(49)57-41(39-55-37-35-33-31-29-27-16-14-12-10-8-6-4-2)40-56-47-45(51)46(59-60(52,53)54)44(50)42(38-48)58-47/h5,7,10-13,17-18,20-21,41-42,44-48,50-51H,3-4,6,8-9,14-16,19,22-40H2,1-2H3,(H,52,53,54)/b7-5-,12-10-,13-11-,18-17-,21-20-. The number of allylic oxidation sites excluding steroid dienone is 10. The fraction of sp³-hybridized carbons (Fsp3) is 0.766. The summed E-state index contributed by atoms with van der Waals surface area (Å²) in [4.78, 5) is 12.9. The van der Waals surface area contributed by atoms with Gasteiger partial charge in [-0.2, -0.15) is 8.42 Å². The molecule has 12 nitrogen and oxygen atoms in total. The van der Waals surface area contributed by atoms with Gasteiger partial charge in [-0.15, -0.1) is 0 Å². The summed E-state index contributed by atoms with van der Waals surface area (Å²) in [5, 5.41) is 30.7. The predicted molar refractivity (Wildman–Crippen MR) is 239 cm³/mol. The Morgan fingerprint density at radius 1 is 0.650 bits per heavy atom. The lowest BCUT2D eigenvalue weighted by Gasteiger charge is -2.41. The van der Waals surface area contributed by atoms with Gasteiger partial charge in [-0.1, -0.05) is 152 Å². The number of hydrogen-bond acceptors (Lipinski definition) is 11. The molecule has 1 saturated heterocycles. The largest absolute Gasteiger partial charge is 0.457 e. The van der Waals surface area contributed by atoms with Crippen molar-refractivity contribution in [3.8, 4) is 0 Å². The van der Waals surface area contributed by atoms with Crippen molar-refractivity contribution >= 4 is 16.4 Å². The van der Waals surface area contributed by atoms with Crippen LogP contribution in [-0.4, -0.2) is 97.5 Å². The lowest BCUT2D eigenvalue weighted by molar-refractivity contribution is -0.301. The second kappa shape index (κ2) is 38.5. The Labute approximate surface area is 363 Å². The minimum absolute atomic E-state index is 0.0260. The van der Waals surface area contributed by atoms with E-state index in [4.69, 9.17) is 23.5 Å². The SMILES string of the molecule is CC/C=C\C/C=C\C/C=C\C/C=C\CCCCCCCCCCC(=O)OC(COCCCCCCCC/C=C\CCCC)COC1OC(CO)C(O)C(OS(=O)(=O)O)C1O. The zero-order valence-corrected chi connectivity index (χ0v) is 37.8. The molecule has 1 aliphatic heterocycles. The number of unbranched alkanes of at least 4 members (excludes halogenated alkanes) is 16. The van der Waals surface area contributed by atoms with Crippen LogP contribution in [0.15, 0.2) is 60.8 Å². The van der Waals surface area contributed by atoms with Gasteiger partial charge in [-0.25, -0.2) is 4.18 Å².